The van der Waals surface area contributed by atoms with Crippen molar-refractivity contribution in [1.82, 2.24) is 0 Å². The fraction of sp³-hybridized carbons (Fsp3) is 1.00. The molecule has 0 fully saturated rings. The van der Waals surface area contributed by atoms with Gasteiger partial charge in [-0.25, -0.2) is 0 Å². The summed E-state index contributed by atoms with van der Waals surface area (Å²) < 4.78 is 7.09. The predicted octanol–water partition coefficient (Wildman–Crippen LogP) is 2.63. The van der Waals surface area contributed by atoms with Gasteiger partial charge in [0.05, 0.1) is 0 Å². The van der Waals surface area contributed by atoms with Gasteiger partial charge in [-0.2, -0.15) is 0 Å². The molecule has 0 atom stereocenters. The minimum atomic E-state index is -0.850. The molecule has 0 bridgehead atoms. The molecule has 0 saturated heterocycles. The number of hydrogen-bond acceptors (Lipinski definition) is 1. The third kappa shape index (κ3) is 8.90. The molecule has 0 aromatic rings. The zero-order valence-corrected chi connectivity index (χ0v) is 12.5. The van der Waals surface area contributed by atoms with Crippen molar-refractivity contribution in [1.29, 1.82) is 0 Å². The first-order valence-corrected chi connectivity index (χ1v) is 9.83. The molecule has 1 nitrogen and oxygen atoms in total. The van der Waals surface area contributed by atoms with E-state index in [9.17, 15) is 0 Å². The standard InChI is InChI=1S/C4H9O.C3H7.Hg/c1-4(2,3)5;1-3-2;/h1-3H3;1,3H2,2H3;/q-1;;+1. The van der Waals surface area contributed by atoms with Crippen LogP contribution in [0, 0.1) is 0 Å². The Balaban J connectivity index is 3.07. The molecule has 0 radical (unpaired) electrons. The van der Waals surface area contributed by atoms with Gasteiger partial charge in [0.25, 0.3) is 0 Å². The van der Waals surface area contributed by atoms with Crippen LogP contribution in [0.25, 0.3) is 0 Å². The third-order valence-corrected chi connectivity index (χ3v) is 9.06. The van der Waals surface area contributed by atoms with Gasteiger partial charge in [0, 0.05) is 0 Å². The number of hydrogen-bond donors (Lipinski definition) is 0. The maximum atomic E-state index is 5.69. The predicted molar refractivity (Wildman–Crippen MR) is 35.9 cm³/mol. The molecule has 52 valence electrons. The summed E-state index contributed by atoms with van der Waals surface area (Å²) in [5, 5.41) is 0. The van der Waals surface area contributed by atoms with E-state index in [0.717, 1.165) is 0 Å². The summed E-state index contributed by atoms with van der Waals surface area (Å²) in [4.78, 5) is 0. The van der Waals surface area contributed by atoms with Crippen LogP contribution < -0.4 is 0 Å². The third-order valence-electron chi connectivity index (χ3n) is 1.03. The molecule has 9 heavy (non-hydrogen) atoms. The summed E-state index contributed by atoms with van der Waals surface area (Å²) in [5.41, 5.74) is 0.150. The Morgan fingerprint density at radius 3 is 2.22 bits per heavy atom. The van der Waals surface area contributed by atoms with Crippen LogP contribution in [-0.4, -0.2) is 5.60 Å². The molecule has 0 N–H and O–H groups in total. The molecule has 0 unspecified atom stereocenters. The molecule has 0 aliphatic rings. The molecule has 0 amide bonds. The van der Waals surface area contributed by atoms with Crippen molar-refractivity contribution in [3.63, 3.8) is 0 Å². The van der Waals surface area contributed by atoms with Crippen LogP contribution in [0.5, 0.6) is 0 Å². The second-order valence-corrected chi connectivity index (χ2v) is 8.77. The van der Waals surface area contributed by atoms with E-state index in [1.165, 1.54) is 10.4 Å². The van der Waals surface area contributed by atoms with E-state index < -0.39 is 25.0 Å². The van der Waals surface area contributed by atoms with E-state index >= 15 is 0 Å². The fourth-order valence-corrected chi connectivity index (χ4v) is 4.59. The van der Waals surface area contributed by atoms with Gasteiger partial charge in [-0.3, -0.25) is 0 Å². The molecular formula is C7H16HgO. The van der Waals surface area contributed by atoms with Crippen LogP contribution in [0.4, 0.5) is 0 Å². The summed E-state index contributed by atoms with van der Waals surface area (Å²) in [7, 11) is 0. The van der Waals surface area contributed by atoms with Crippen LogP contribution in [0.1, 0.15) is 34.1 Å². The van der Waals surface area contributed by atoms with Crippen LogP contribution in [0.2, 0.25) is 3.93 Å². The van der Waals surface area contributed by atoms with E-state index in [1.54, 1.807) is 0 Å². The minimum absolute atomic E-state index is 0.150. The molecule has 2 heteroatoms. The summed E-state index contributed by atoms with van der Waals surface area (Å²) in [6.07, 6.45) is 1.32. The van der Waals surface area contributed by atoms with Gasteiger partial charge in [0.1, 0.15) is 0 Å². The van der Waals surface area contributed by atoms with Crippen molar-refractivity contribution in [3.8, 4) is 0 Å². The van der Waals surface area contributed by atoms with Gasteiger partial charge < -0.3 is 0 Å². The molecule has 0 aliphatic heterocycles. The summed E-state index contributed by atoms with van der Waals surface area (Å²) in [5.74, 6) is 0. The molecule has 0 aromatic heterocycles. The zero-order chi connectivity index (χ0) is 7.33. The Kier molecular flexibility index (Phi) is 5.14. The topological polar surface area (TPSA) is 9.23 Å². The van der Waals surface area contributed by atoms with Crippen molar-refractivity contribution in [3.05, 3.63) is 0 Å². The summed E-state index contributed by atoms with van der Waals surface area (Å²) in [6, 6.07) is 0. The maximum absolute atomic E-state index is 5.69. The van der Waals surface area contributed by atoms with E-state index in [4.69, 9.17) is 2.64 Å². The van der Waals surface area contributed by atoms with Crippen molar-refractivity contribution in [2.45, 2.75) is 43.6 Å². The molecule has 0 heterocycles. The first kappa shape index (κ1) is 9.90. The van der Waals surface area contributed by atoms with Gasteiger partial charge in [0.2, 0.25) is 0 Å². The summed E-state index contributed by atoms with van der Waals surface area (Å²) >= 11 is -0.850. The average molecular weight is 317 g/mol. The fourth-order valence-electron chi connectivity index (χ4n) is 0.523. The van der Waals surface area contributed by atoms with Gasteiger partial charge in [-0.1, -0.05) is 0 Å². The van der Waals surface area contributed by atoms with Crippen LogP contribution in [0.15, 0.2) is 0 Å². The van der Waals surface area contributed by atoms with E-state index in [1.807, 2.05) is 0 Å². The Bertz CT molecular complexity index is 65.8. The molecule has 0 spiro atoms. The van der Waals surface area contributed by atoms with E-state index in [-0.39, 0.29) is 5.60 Å². The van der Waals surface area contributed by atoms with Crippen LogP contribution in [0.3, 0.4) is 0 Å². The first-order chi connectivity index (χ1) is 4.06. The number of rotatable bonds is 3. The molecule has 0 rings (SSSR count). The van der Waals surface area contributed by atoms with Crippen molar-refractivity contribution in [2.24, 2.45) is 0 Å². The van der Waals surface area contributed by atoms with E-state index in [2.05, 4.69) is 27.7 Å². The van der Waals surface area contributed by atoms with Gasteiger partial charge in [-0.15, -0.1) is 0 Å². The Labute approximate surface area is 71.3 Å². The summed E-state index contributed by atoms with van der Waals surface area (Å²) in [6.45, 7) is 8.65. The van der Waals surface area contributed by atoms with Gasteiger partial charge in [0.15, 0.2) is 0 Å². The Morgan fingerprint density at radius 2 is 1.89 bits per heavy atom. The Hall–Kier alpha value is 0.895. The quantitative estimate of drug-likeness (QED) is 0.574. The molecule has 0 saturated carbocycles. The Morgan fingerprint density at radius 1 is 1.33 bits per heavy atom. The normalized spacial score (nSPS) is 11.1. The van der Waals surface area contributed by atoms with Crippen molar-refractivity contribution >= 4 is 0 Å². The second-order valence-electron chi connectivity index (χ2n) is 3.31. The van der Waals surface area contributed by atoms with Crippen LogP contribution in [-0.2, 0) is 27.7 Å². The van der Waals surface area contributed by atoms with E-state index in [0.29, 0.717) is 0 Å². The average Bonchev–Trinajstić information content (AvgIpc) is 1.63. The molecular weight excluding hydrogens is 301 g/mol. The first-order valence-electron chi connectivity index (χ1n) is 3.70. The van der Waals surface area contributed by atoms with Crippen molar-refractivity contribution < 1.29 is 27.7 Å². The zero-order valence-electron chi connectivity index (χ0n) is 7.03. The van der Waals surface area contributed by atoms with Gasteiger partial charge in [-0.05, 0) is 0 Å². The molecule has 0 aromatic carbocycles. The van der Waals surface area contributed by atoms with Crippen LogP contribution >= 0.6 is 0 Å². The van der Waals surface area contributed by atoms with Crippen molar-refractivity contribution in [2.75, 3.05) is 0 Å². The second kappa shape index (κ2) is 4.67. The molecule has 0 aliphatic carbocycles. The monoisotopic (exact) mass is 318 g/mol. The SMILES string of the molecule is CC[CH2][Hg][O]C(C)(C)C. The van der Waals surface area contributed by atoms with Gasteiger partial charge >= 0.3 is 71.3 Å².